The van der Waals surface area contributed by atoms with Crippen LogP contribution in [0.5, 0.6) is 0 Å². The van der Waals surface area contributed by atoms with Crippen LogP contribution >= 0.6 is 0 Å². The molecule has 2 N–H and O–H groups in total. The van der Waals surface area contributed by atoms with Crippen molar-refractivity contribution in [3.63, 3.8) is 0 Å². The Bertz CT molecular complexity index is 623. The number of hydrogen-bond donors (Lipinski definition) is 2. The van der Waals surface area contributed by atoms with Crippen LogP contribution in [0.1, 0.15) is 12.0 Å². The molecular weight excluding hydrogens is 286 g/mol. The summed E-state index contributed by atoms with van der Waals surface area (Å²) in [5, 5.41) is 11.6. The van der Waals surface area contributed by atoms with Crippen LogP contribution < -0.4 is 10.6 Å². The molecule has 0 aliphatic carbocycles. The van der Waals surface area contributed by atoms with E-state index in [1.165, 1.54) is 18.5 Å². The lowest BCUT2D eigenvalue weighted by Crippen LogP contribution is -2.40. The first kappa shape index (κ1) is 14.7. The van der Waals surface area contributed by atoms with Gasteiger partial charge in [0, 0.05) is 57.3 Å². The van der Waals surface area contributed by atoms with E-state index in [1.807, 2.05) is 12.3 Å². The topological polar surface area (TPSA) is 45.1 Å². The molecule has 1 saturated heterocycles. The van der Waals surface area contributed by atoms with Crippen molar-refractivity contribution in [2.75, 3.05) is 31.5 Å². The Hall–Kier alpha value is -1.85. The van der Waals surface area contributed by atoms with Crippen molar-refractivity contribution >= 4 is 5.82 Å². The first-order valence-corrected chi connectivity index (χ1v) is 8.62. The molecule has 2 aliphatic rings. The van der Waals surface area contributed by atoms with Gasteiger partial charge in [-0.05, 0) is 12.0 Å². The number of nitrogens with one attached hydrogen (secondary N) is 2. The maximum Gasteiger partial charge on any atom is 0.124 e. The number of nitrogens with zero attached hydrogens (tertiary/aromatic N) is 3. The van der Waals surface area contributed by atoms with Gasteiger partial charge in [-0.25, -0.2) is 4.68 Å². The van der Waals surface area contributed by atoms with Crippen LogP contribution in [-0.2, 0) is 13.1 Å². The Morgan fingerprint density at radius 3 is 3.00 bits per heavy atom. The lowest BCUT2D eigenvalue weighted by Gasteiger charge is -2.26. The minimum Gasteiger partial charge on any atom is -0.370 e. The van der Waals surface area contributed by atoms with Gasteiger partial charge in [-0.3, -0.25) is 4.90 Å². The number of rotatable bonds is 5. The Balaban J connectivity index is 1.22. The van der Waals surface area contributed by atoms with Crippen LogP contribution in [-0.4, -0.2) is 46.9 Å². The Morgan fingerprint density at radius 1 is 1.17 bits per heavy atom. The second kappa shape index (κ2) is 6.72. The third kappa shape index (κ3) is 3.57. The molecule has 122 valence electrons. The second-order valence-electron chi connectivity index (χ2n) is 6.76. The van der Waals surface area contributed by atoms with Crippen molar-refractivity contribution in [2.45, 2.75) is 25.6 Å². The summed E-state index contributed by atoms with van der Waals surface area (Å²) in [4.78, 5) is 2.55. The molecule has 0 amide bonds. The SMILES string of the molecule is c1ccc(CN2CCC(NCC3CNc4ccnn4C3)C2)cc1. The van der Waals surface area contributed by atoms with E-state index in [0.717, 1.165) is 38.5 Å². The summed E-state index contributed by atoms with van der Waals surface area (Å²) in [6.45, 7) is 6.54. The molecule has 23 heavy (non-hydrogen) atoms. The number of anilines is 1. The van der Waals surface area contributed by atoms with Crippen LogP contribution in [0.4, 0.5) is 5.82 Å². The van der Waals surface area contributed by atoms with Crippen LogP contribution in [0, 0.1) is 5.92 Å². The van der Waals surface area contributed by atoms with E-state index >= 15 is 0 Å². The molecular formula is C18H25N5. The van der Waals surface area contributed by atoms with E-state index in [1.54, 1.807) is 0 Å². The van der Waals surface area contributed by atoms with Gasteiger partial charge >= 0.3 is 0 Å². The Kier molecular flexibility index (Phi) is 4.30. The van der Waals surface area contributed by atoms with Gasteiger partial charge in [-0.15, -0.1) is 0 Å². The van der Waals surface area contributed by atoms with Crippen molar-refractivity contribution in [1.29, 1.82) is 0 Å². The quantitative estimate of drug-likeness (QED) is 0.884. The van der Waals surface area contributed by atoms with E-state index in [-0.39, 0.29) is 0 Å². The molecule has 2 aliphatic heterocycles. The van der Waals surface area contributed by atoms with Crippen molar-refractivity contribution in [2.24, 2.45) is 5.92 Å². The number of fused-ring (bicyclic) bond motifs is 1. The second-order valence-corrected chi connectivity index (χ2v) is 6.76. The normalized spacial score (nSPS) is 24.3. The summed E-state index contributed by atoms with van der Waals surface area (Å²) in [6.07, 6.45) is 3.12. The lowest BCUT2D eigenvalue weighted by molar-refractivity contribution is 0.312. The fourth-order valence-electron chi connectivity index (χ4n) is 3.64. The van der Waals surface area contributed by atoms with E-state index in [4.69, 9.17) is 0 Å². The fourth-order valence-corrected chi connectivity index (χ4v) is 3.64. The largest absolute Gasteiger partial charge is 0.370 e. The third-order valence-corrected chi connectivity index (χ3v) is 4.94. The third-order valence-electron chi connectivity index (χ3n) is 4.94. The molecule has 5 nitrogen and oxygen atoms in total. The molecule has 0 spiro atoms. The van der Waals surface area contributed by atoms with Crippen LogP contribution in [0.2, 0.25) is 0 Å². The molecule has 0 radical (unpaired) electrons. The van der Waals surface area contributed by atoms with Gasteiger partial charge in [0.2, 0.25) is 0 Å². The average Bonchev–Trinajstić information content (AvgIpc) is 3.22. The maximum atomic E-state index is 4.36. The molecule has 2 unspecified atom stereocenters. The first-order valence-electron chi connectivity index (χ1n) is 8.62. The van der Waals surface area contributed by atoms with Crippen molar-refractivity contribution in [3.05, 3.63) is 48.2 Å². The first-order chi connectivity index (χ1) is 11.4. The standard InChI is InChI=1S/C18H25N5/c1-2-4-15(5-3-1)12-22-9-7-17(14-22)19-10-16-11-20-18-6-8-21-23(18)13-16/h1-6,8,16-17,19-20H,7,9-14H2. The Morgan fingerprint density at radius 2 is 2.09 bits per heavy atom. The van der Waals surface area contributed by atoms with Gasteiger partial charge in [-0.2, -0.15) is 5.10 Å². The highest BCUT2D eigenvalue weighted by atomic mass is 15.3. The van der Waals surface area contributed by atoms with Crippen LogP contribution in [0.25, 0.3) is 0 Å². The van der Waals surface area contributed by atoms with Gasteiger partial charge < -0.3 is 10.6 Å². The zero-order valence-electron chi connectivity index (χ0n) is 13.5. The van der Waals surface area contributed by atoms with Gasteiger partial charge in [0.15, 0.2) is 0 Å². The summed E-state index contributed by atoms with van der Waals surface area (Å²) in [6, 6.07) is 13.4. The molecule has 2 aromatic rings. The van der Waals surface area contributed by atoms with E-state index in [0.29, 0.717) is 12.0 Å². The fraction of sp³-hybridized carbons (Fsp3) is 0.500. The maximum absolute atomic E-state index is 4.36. The van der Waals surface area contributed by atoms with Crippen molar-refractivity contribution < 1.29 is 0 Å². The van der Waals surface area contributed by atoms with Gasteiger partial charge in [0.05, 0.1) is 6.20 Å². The van der Waals surface area contributed by atoms with E-state index in [2.05, 4.69) is 55.6 Å². The van der Waals surface area contributed by atoms with Crippen molar-refractivity contribution in [3.8, 4) is 0 Å². The molecule has 2 atom stereocenters. The predicted octanol–water partition coefficient (Wildman–Crippen LogP) is 1.79. The highest BCUT2D eigenvalue weighted by molar-refractivity contribution is 5.35. The number of aromatic nitrogens is 2. The van der Waals surface area contributed by atoms with Gasteiger partial charge in [0.25, 0.3) is 0 Å². The summed E-state index contributed by atoms with van der Waals surface area (Å²) < 4.78 is 2.08. The minimum atomic E-state index is 0.616. The minimum absolute atomic E-state index is 0.616. The average molecular weight is 311 g/mol. The monoisotopic (exact) mass is 311 g/mol. The summed E-state index contributed by atoms with van der Waals surface area (Å²) in [7, 11) is 0. The molecule has 0 saturated carbocycles. The zero-order valence-corrected chi connectivity index (χ0v) is 13.5. The summed E-state index contributed by atoms with van der Waals surface area (Å²) in [5.41, 5.74) is 1.41. The molecule has 1 aromatic heterocycles. The summed E-state index contributed by atoms with van der Waals surface area (Å²) in [5.74, 6) is 1.77. The molecule has 5 heteroatoms. The highest BCUT2D eigenvalue weighted by Crippen LogP contribution is 2.17. The van der Waals surface area contributed by atoms with Gasteiger partial charge in [0.1, 0.15) is 5.82 Å². The van der Waals surface area contributed by atoms with E-state index < -0.39 is 0 Å². The number of hydrogen-bond acceptors (Lipinski definition) is 4. The molecule has 0 bridgehead atoms. The van der Waals surface area contributed by atoms with E-state index in [9.17, 15) is 0 Å². The summed E-state index contributed by atoms with van der Waals surface area (Å²) >= 11 is 0. The highest BCUT2D eigenvalue weighted by Gasteiger charge is 2.24. The molecule has 3 heterocycles. The smallest absolute Gasteiger partial charge is 0.124 e. The zero-order chi connectivity index (χ0) is 15.5. The Labute approximate surface area is 137 Å². The van der Waals surface area contributed by atoms with Crippen LogP contribution in [0.15, 0.2) is 42.6 Å². The van der Waals surface area contributed by atoms with Gasteiger partial charge in [-0.1, -0.05) is 30.3 Å². The van der Waals surface area contributed by atoms with Crippen LogP contribution in [0.3, 0.4) is 0 Å². The van der Waals surface area contributed by atoms with Crippen molar-refractivity contribution in [1.82, 2.24) is 20.0 Å². The number of benzene rings is 1. The lowest BCUT2D eigenvalue weighted by atomic mass is 10.1. The molecule has 1 aromatic carbocycles. The predicted molar refractivity (Wildman–Crippen MR) is 92.3 cm³/mol. The molecule has 1 fully saturated rings. The number of likely N-dealkylation sites (tertiary alicyclic amines) is 1. The molecule has 4 rings (SSSR count).